The molecule has 1 aliphatic heterocycles. The Balaban J connectivity index is 1.52. The van der Waals surface area contributed by atoms with Gasteiger partial charge in [0.15, 0.2) is 14.1 Å². The number of aryl methyl sites for hydroxylation is 1. The van der Waals surface area contributed by atoms with E-state index in [1.165, 1.54) is 11.5 Å². The zero-order valence-corrected chi connectivity index (χ0v) is 33.9. The van der Waals surface area contributed by atoms with Crippen molar-refractivity contribution in [1.29, 1.82) is 0 Å². The molecular formula is C40H52N6O8Si. The van der Waals surface area contributed by atoms with Crippen molar-refractivity contribution in [2.24, 2.45) is 0 Å². The number of anilines is 1. The highest BCUT2D eigenvalue weighted by Crippen LogP contribution is 2.44. The molecule has 294 valence electrons. The Morgan fingerprint density at radius 2 is 1.44 bits per heavy atom. The standard InChI is InChI=1S/C40H52N6O8Si/c1-26-24-46(38(49)41-36(26)43-45-37(48)44-42-27(2)47)35-23-33(54-55(8,9)39(3,4)5)34(53-35)25-52-40(28-13-11-10-12-14-28,29-15-19-31(50-6)20-16-29)30-17-21-32(51-7)22-18-30/h10-22,24,33-35H,23,25H2,1-9H3,(H,42,47)(H,41,43,49)(H2,44,45,48)/t33-,34+,35+/m0/s1. The van der Waals surface area contributed by atoms with Gasteiger partial charge >= 0.3 is 11.7 Å². The number of benzene rings is 3. The van der Waals surface area contributed by atoms with Gasteiger partial charge in [-0.3, -0.25) is 20.2 Å². The molecular weight excluding hydrogens is 721 g/mol. The lowest BCUT2D eigenvalue weighted by molar-refractivity contribution is -0.119. The van der Waals surface area contributed by atoms with Gasteiger partial charge < -0.3 is 23.4 Å². The number of carbonyl (C=O) groups excluding carboxylic acids is 2. The van der Waals surface area contributed by atoms with Crippen LogP contribution in [0.25, 0.3) is 0 Å². The van der Waals surface area contributed by atoms with Crippen molar-refractivity contribution in [2.45, 2.75) is 83.2 Å². The second-order valence-corrected chi connectivity index (χ2v) is 19.7. The van der Waals surface area contributed by atoms with Crippen LogP contribution in [0.15, 0.2) is 89.9 Å². The lowest BCUT2D eigenvalue weighted by Crippen LogP contribution is -2.48. The minimum absolute atomic E-state index is 0.0992. The highest BCUT2D eigenvalue weighted by Gasteiger charge is 2.47. The average Bonchev–Trinajstić information content (AvgIpc) is 3.56. The van der Waals surface area contributed by atoms with E-state index in [1.54, 1.807) is 27.3 Å². The van der Waals surface area contributed by atoms with E-state index >= 15 is 0 Å². The summed E-state index contributed by atoms with van der Waals surface area (Å²) in [6, 6.07) is 24.9. The molecule has 3 aromatic carbocycles. The summed E-state index contributed by atoms with van der Waals surface area (Å²) in [5, 5.41) is -0.0992. The maximum atomic E-state index is 13.5. The number of rotatable bonds is 13. The molecule has 14 nitrogen and oxygen atoms in total. The quantitative estimate of drug-likeness (QED) is 0.0728. The Hall–Kier alpha value is -5.22. The summed E-state index contributed by atoms with van der Waals surface area (Å²) in [5.74, 6) is 1.11. The smallest absolute Gasteiger partial charge is 0.352 e. The third-order valence-electron chi connectivity index (χ3n) is 10.2. The first kappa shape index (κ1) is 41.0. The zero-order valence-electron chi connectivity index (χ0n) is 32.9. The number of carbonyl (C=O) groups is 2. The predicted molar refractivity (Wildman–Crippen MR) is 211 cm³/mol. The molecule has 2 heterocycles. The monoisotopic (exact) mass is 772 g/mol. The van der Waals surface area contributed by atoms with Crippen molar-refractivity contribution in [3.8, 4) is 11.5 Å². The Bertz CT molecular complexity index is 1940. The Kier molecular flexibility index (Phi) is 12.7. The molecule has 0 saturated carbocycles. The van der Waals surface area contributed by atoms with Gasteiger partial charge in [-0.1, -0.05) is 75.4 Å². The van der Waals surface area contributed by atoms with Crippen LogP contribution in [-0.4, -0.2) is 62.8 Å². The van der Waals surface area contributed by atoms with Crippen molar-refractivity contribution in [3.05, 3.63) is 118 Å². The molecule has 1 fully saturated rings. The summed E-state index contributed by atoms with van der Waals surface area (Å²) in [6.07, 6.45) is 0.277. The summed E-state index contributed by atoms with van der Waals surface area (Å²) < 4.78 is 33.5. The summed E-state index contributed by atoms with van der Waals surface area (Å²) in [6.45, 7) is 14.0. The van der Waals surface area contributed by atoms with Crippen LogP contribution in [-0.2, 0) is 24.3 Å². The van der Waals surface area contributed by atoms with Gasteiger partial charge in [0.25, 0.3) is 0 Å². The van der Waals surface area contributed by atoms with E-state index < -0.39 is 50.0 Å². The molecule has 0 aliphatic carbocycles. The number of amides is 3. The van der Waals surface area contributed by atoms with E-state index in [9.17, 15) is 14.4 Å². The number of ether oxygens (including phenoxy) is 4. The number of nitrogens with one attached hydrogen (secondary N) is 4. The van der Waals surface area contributed by atoms with Gasteiger partial charge in [-0.25, -0.2) is 20.4 Å². The van der Waals surface area contributed by atoms with E-state index in [-0.39, 0.29) is 17.5 Å². The molecule has 15 heteroatoms. The summed E-state index contributed by atoms with van der Waals surface area (Å²) in [5.41, 5.74) is 10.8. The largest absolute Gasteiger partial charge is 0.497 e. The normalized spacial score (nSPS) is 17.3. The van der Waals surface area contributed by atoms with E-state index in [0.29, 0.717) is 23.5 Å². The minimum Gasteiger partial charge on any atom is -0.497 e. The first-order chi connectivity index (χ1) is 26.1. The molecule has 0 bridgehead atoms. The highest BCUT2D eigenvalue weighted by atomic mass is 28.4. The number of nitrogens with zero attached hydrogens (tertiary/aromatic N) is 2. The van der Waals surface area contributed by atoms with Gasteiger partial charge in [-0.05, 0) is 66.0 Å². The van der Waals surface area contributed by atoms with Crippen molar-refractivity contribution in [2.75, 3.05) is 26.3 Å². The molecule has 5 rings (SSSR count). The van der Waals surface area contributed by atoms with E-state index in [4.69, 9.17) is 23.4 Å². The molecule has 0 radical (unpaired) electrons. The first-order valence-electron chi connectivity index (χ1n) is 18.1. The van der Waals surface area contributed by atoms with E-state index in [2.05, 4.69) is 60.6 Å². The highest BCUT2D eigenvalue weighted by molar-refractivity contribution is 6.74. The number of hydrazine groups is 2. The van der Waals surface area contributed by atoms with Gasteiger partial charge in [-0.15, -0.1) is 0 Å². The van der Waals surface area contributed by atoms with Crippen LogP contribution in [0.1, 0.15) is 62.6 Å². The number of methoxy groups -OCH3 is 2. The molecule has 3 atom stereocenters. The van der Waals surface area contributed by atoms with Gasteiger partial charge in [0.2, 0.25) is 5.91 Å². The summed E-state index contributed by atoms with van der Waals surface area (Å²) in [4.78, 5) is 40.9. The molecule has 3 amide bonds. The van der Waals surface area contributed by atoms with Crippen LogP contribution in [0.3, 0.4) is 0 Å². The van der Waals surface area contributed by atoms with Crippen molar-refractivity contribution in [3.63, 3.8) is 0 Å². The maximum Gasteiger partial charge on any atom is 0.352 e. The van der Waals surface area contributed by atoms with Crippen molar-refractivity contribution >= 4 is 26.1 Å². The SMILES string of the molecule is COc1ccc(C(OC[C@H]2O[C@@H](n3cc(C)c(NNC(=O)NNC(C)=O)nc3=O)C[C@@H]2O[Si](C)(C)C(C)(C)C)(c2ccccc2)c2ccc(OC)cc2)cc1. The van der Waals surface area contributed by atoms with E-state index in [0.717, 1.165) is 16.7 Å². The Morgan fingerprint density at radius 3 is 1.96 bits per heavy atom. The second kappa shape index (κ2) is 17.1. The molecule has 0 unspecified atom stereocenters. The third kappa shape index (κ3) is 9.36. The zero-order chi connectivity index (χ0) is 40.0. The summed E-state index contributed by atoms with van der Waals surface area (Å²) in [7, 11) is 0.918. The van der Waals surface area contributed by atoms with Crippen molar-refractivity contribution < 1.29 is 33.0 Å². The number of hydrogen-bond acceptors (Lipinski definition) is 10. The van der Waals surface area contributed by atoms with Crippen LogP contribution in [0.2, 0.25) is 18.1 Å². The molecule has 55 heavy (non-hydrogen) atoms. The molecule has 1 aromatic heterocycles. The molecule has 0 spiro atoms. The minimum atomic E-state index is -2.35. The fourth-order valence-corrected chi connectivity index (χ4v) is 7.53. The lowest BCUT2D eigenvalue weighted by Gasteiger charge is -2.40. The van der Waals surface area contributed by atoms with Crippen LogP contribution >= 0.6 is 0 Å². The lowest BCUT2D eigenvalue weighted by atomic mass is 9.80. The molecule has 1 aliphatic rings. The predicted octanol–water partition coefficient (Wildman–Crippen LogP) is 5.93. The first-order valence-corrected chi connectivity index (χ1v) is 21.0. The maximum absolute atomic E-state index is 13.5. The number of hydrogen-bond donors (Lipinski definition) is 4. The summed E-state index contributed by atoms with van der Waals surface area (Å²) >= 11 is 0. The van der Waals surface area contributed by atoms with E-state index in [1.807, 2.05) is 78.9 Å². The van der Waals surface area contributed by atoms with Gasteiger partial charge in [-0.2, -0.15) is 4.98 Å². The van der Waals surface area contributed by atoms with Crippen LogP contribution < -0.4 is 36.9 Å². The second-order valence-electron chi connectivity index (χ2n) is 14.9. The molecule has 4 N–H and O–H groups in total. The van der Waals surface area contributed by atoms with Crippen LogP contribution in [0.5, 0.6) is 11.5 Å². The fraction of sp³-hybridized carbons (Fsp3) is 0.400. The topological polar surface area (TPSA) is 163 Å². The van der Waals surface area contributed by atoms with Crippen molar-refractivity contribution in [1.82, 2.24) is 25.8 Å². The third-order valence-corrected chi connectivity index (χ3v) is 14.7. The van der Waals surface area contributed by atoms with Crippen LogP contribution in [0.4, 0.5) is 10.6 Å². The Morgan fingerprint density at radius 1 is 0.873 bits per heavy atom. The van der Waals surface area contributed by atoms with Gasteiger partial charge in [0, 0.05) is 25.1 Å². The fourth-order valence-electron chi connectivity index (χ4n) is 6.17. The van der Waals surface area contributed by atoms with Gasteiger partial charge in [0.1, 0.15) is 29.4 Å². The molecule has 1 saturated heterocycles. The van der Waals surface area contributed by atoms with Crippen LogP contribution in [0, 0.1) is 6.92 Å². The number of aromatic nitrogens is 2. The number of urea groups is 1. The molecule has 4 aromatic rings. The van der Waals surface area contributed by atoms with Gasteiger partial charge in [0.05, 0.1) is 26.9 Å². The Labute approximate surface area is 323 Å². The average molecular weight is 773 g/mol.